The number of rotatable bonds is 0. The lowest BCUT2D eigenvalue weighted by Crippen LogP contribution is -1.93. The van der Waals surface area contributed by atoms with E-state index in [0.29, 0.717) is 11.1 Å². The molecule has 0 saturated carbocycles. The van der Waals surface area contributed by atoms with E-state index in [1.165, 1.54) is 12.3 Å². The smallest absolute Gasteiger partial charge is 0.185 e. The highest BCUT2D eigenvalue weighted by atomic mass is 19.2. The van der Waals surface area contributed by atoms with Crippen LogP contribution in [0.5, 0.6) is 0 Å². The topological polar surface area (TPSA) is 38.9 Å². The van der Waals surface area contributed by atoms with E-state index in [1.807, 2.05) is 0 Å². The van der Waals surface area contributed by atoms with E-state index >= 15 is 0 Å². The molecular formula is C9H6F2N2. The summed E-state index contributed by atoms with van der Waals surface area (Å²) < 4.78 is 25.8. The molecule has 0 aliphatic carbocycles. The van der Waals surface area contributed by atoms with Crippen molar-refractivity contribution in [2.75, 3.05) is 5.73 Å². The summed E-state index contributed by atoms with van der Waals surface area (Å²) in [4.78, 5) is 3.71. The Morgan fingerprint density at radius 1 is 1.15 bits per heavy atom. The number of nitrogens with zero attached hydrogens (tertiary/aromatic N) is 1. The van der Waals surface area contributed by atoms with Crippen LogP contribution >= 0.6 is 0 Å². The zero-order chi connectivity index (χ0) is 9.42. The normalized spacial score (nSPS) is 10.6. The summed E-state index contributed by atoms with van der Waals surface area (Å²) in [5.74, 6) is -1.87. The van der Waals surface area contributed by atoms with Crippen LogP contribution in [-0.2, 0) is 0 Å². The zero-order valence-corrected chi connectivity index (χ0v) is 6.59. The predicted molar refractivity (Wildman–Crippen MR) is 46.1 cm³/mol. The number of aromatic nitrogens is 1. The highest BCUT2D eigenvalue weighted by Gasteiger charge is 2.08. The molecule has 13 heavy (non-hydrogen) atoms. The summed E-state index contributed by atoms with van der Waals surface area (Å²) in [5.41, 5.74) is 5.91. The molecule has 2 nitrogen and oxygen atoms in total. The minimum absolute atomic E-state index is 0.0278. The summed E-state index contributed by atoms with van der Waals surface area (Å²) in [6, 6.07) is 3.99. The Morgan fingerprint density at radius 2 is 1.92 bits per heavy atom. The second-order valence-electron chi connectivity index (χ2n) is 2.66. The van der Waals surface area contributed by atoms with Gasteiger partial charge in [-0.2, -0.15) is 0 Å². The Labute approximate surface area is 73.0 Å². The van der Waals surface area contributed by atoms with Gasteiger partial charge in [-0.1, -0.05) is 0 Å². The van der Waals surface area contributed by atoms with Crippen molar-refractivity contribution < 1.29 is 8.78 Å². The van der Waals surface area contributed by atoms with Gasteiger partial charge in [-0.3, -0.25) is 4.98 Å². The number of pyridine rings is 1. The van der Waals surface area contributed by atoms with Crippen LogP contribution in [0.1, 0.15) is 0 Å². The molecule has 1 aromatic heterocycles. The van der Waals surface area contributed by atoms with Crippen molar-refractivity contribution in [2.45, 2.75) is 0 Å². The first-order chi connectivity index (χ1) is 6.20. The molecule has 2 aromatic rings. The molecule has 2 N–H and O–H groups in total. The number of halogens is 2. The molecule has 66 valence electrons. The van der Waals surface area contributed by atoms with Gasteiger partial charge in [-0.05, 0) is 18.2 Å². The van der Waals surface area contributed by atoms with Crippen molar-refractivity contribution in [3.8, 4) is 0 Å². The fraction of sp³-hybridized carbons (Fsp3) is 0. The van der Waals surface area contributed by atoms with Gasteiger partial charge in [0.1, 0.15) is 5.52 Å². The van der Waals surface area contributed by atoms with Crippen LogP contribution in [0.3, 0.4) is 0 Å². The van der Waals surface area contributed by atoms with E-state index in [1.54, 1.807) is 6.07 Å². The van der Waals surface area contributed by atoms with E-state index in [4.69, 9.17) is 5.73 Å². The lowest BCUT2D eigenvalue weighted by atomic mass is 10.2. The molecule has 0 fully saturated rings. The minimum Gasteiger partial charge on any atom is -0.398 e. The molecule has 0 spiro atoms. The van der Waals surface area contributed by atoms with Crippen molar-refractivity contribution in [3.05, 3.63) is 36.0 Å². The number of benzene rings is 1. The summed E-state index contributed by atoms with van der Waals surface area (Å²) >= 11 is 0. The third-order valence-electron chi connectivity index (χ3n) is 1.84. The Balaban J connectivity index is 2.94. The lowest BCUT2D eigenvalue weighted by Gasteiger charge is -2.01. The van der Waals surface area contributed by atoms with Crippen LogP contribution < -0.4 is 5.73 Å². The fourth-order valence-corrected chi connectivity index (χ4v) is 1.18. The molecule has 0 amide bonds. The second-order valence-corrected chi connectivity index (χ2v) is 2.66. The molecule has 0 saturated heterocycles. The Bertz CT molecular complexity index is 468. The van der Waals surface area contributed by atoms with Gasteiger partial charge in [0.25, 0.3) is 0 Å². The summed E-state index contributed by atoms with van der Waals surface area (Å²) in [6.07, 6.45) is 1.35. The van der Waals surface area contributed by atoms with Crippen LogP contribution in [0.15, 0.2) is 24.4 Å². The van der Waals surface area contributed by atoms with Gasteiger partial charge in [0, 0.05) is 17.3 Å². The van der Waals surface area contributed by atoms with Crippen molar-refractivity contribution >= 4 is 16.6 Å². The molecule has 4 heteroatoms. The van der Waals surface area contributed by atoms with Crippen LogP contribution in [-0.4, -0.2) is 4.98 Å². The first kappa shape index (κ1) is 7.91. The maximum absolute atomic E-state index is 13.1. The highest BCUT2D eigenvalue weighted by Crippen LogP contribution is 2.22. The maximum Gasteiger partial charge on any atom is 0.185 e. The predicted octanol–water partition coefficient (Wildman–Crippen LogP) is 2.10. The Morgan fingerprint density at radius 3 is 2.69 bits per heavy atom. The molecular weight excluding hydrogens is 174 g/mol. The van der Waals surface area contributed by atoms with E-state index in [9.17, 15) is 8.78 Å². The Kier molecular flexibility index (Phi) is 1.62. The molecule has 0 atom stereocenters. The standard InChI is InChI=1S/C9H6F2N2/c10-6-2-1-5-7(12)3-4-13-9(5)8(6)11/h1-4H,(H2,12,13). The van der Waals surface area contributed by atoms with Crippen LogP contribution in [0, 0.1) is 11.6 Å². The van der Waals surface area contributed by atoms with Gasteiger partial charge in [0.15, 0.2) is 11.6 Å². The van der Waals surface area contributed by atoms with E-state index in [-0.39, 0.29) is 5.52 Å². The second kappa shape index (κ2) is 2.65. The molecule has 0 bridgehead atoms. The monoisotopic (exact) mass is 180 g/mol. The third kappa shape index (κ3) is 1.11. The average Bonchev–Trinajstić information content (AvgIpc) is 2.12. The Hall–Kier alpha value is -1.71. The van der Waals surface area contributed by atoms with Gasteiger partial charge in [-0.25, -0.2) is 8.78 Å². The fourth-order valence-electron chi connectivity index (χ4n) is 1.18. The van der Waals surface area contributed by atoms with Gasteiger partial charge >= 0.3 is 0 Å². The van der Waals surface area contributed by atoms with E-state index in [0.717, 1.165) is 6.07 Å². The van der Waals surface area contributed by atoms with E-state index < -0.39 is 11.6 Å². The first-order valence-corrected chi connectivity index (χ1v) is 3.68. The van der Waals surface area contributed by atoms with Crippen LogP contribution in [0.4, 0.5) is 14.5 Å². The van der Waals surface area contributed by atoms with Crippen molar-refractivity contribution in [1.82, 2.24) is 4.98 Å². The molecule has 0 aliphatic heterocycles. The average molecular weight is 180 g/mol. The maximum atomic E-state index is 13.1. The zero-order valence-electron chi connectivity index (χ0n) is 6.59. The summed E-state index contributed by atoms with van der Waals surface area (Å²) in [7, 11) is 0. The lowest BCUT2D eigenvalue weighted by molar-refractivity contribution is 0.515. The van der Waals surface area contributed by atoms with Gasteiger partial charge in [0.2, 0.25) is 0 Å². The van der Waals surface area contributed by atoms with Crippen molar-refractivity contribution in [3.63, 3.8) is 0 Å². The molecule has 1 heterocycles. The number of fused-ring (bicyclic) bond motifs is 1. The SMILES string of the molecule is Nc1ccnc2c(F)c(F)ccc12. The molecule has 0 radical (unpaired) electrons. The molecule has 1 aromatic carbocycles. The number of nitrogens with two attached hydrogens (primary N) is 1. The van der Waals surface area contributed by atoms with E-state index in [2.05, 4.69) is 4.98 Å². The number of nitrogen functional groups attached to an aromatic ring is 1. The molecule has 0 aliphatic rings. The first-order valence-electron chi connectivity index (χ1n) is 3.68. The molecule has 0 unspecified atom stereocenters. The summed E-state index contributed by atoms with van der Waals surface area (Å²) in [6.45, 7) is 0. The van der Waals surface area contributed by atoms with Crippen LogP contribution in [0.2, 0.25) is 0 Å². The molecule has 2 rings (SSSR count). The van der Waals surface area contributed by atoms with Crippen LogP contribution in [0.25, 0.3) is 10.9 Å². The number of hydrogen-bond acceptors (Lipinski definition) is 2. The van der Waals surface area contributed by atoms with Crippen molar-refractivity contribution in [1.29, 1.82) is 0 Å². The minimum atomic E-state index is -0.954. The third-order valence-corrected chi connectivity index (χ3v) is 1.84. The quantitative estimate of drug-likeness (QED) is 0.674. The van der Waals surface area contributed by atoms with Crippen molar-refractivity contribution in [2.24, 2.45) is 0 Å². The van der Waals surface area contributed by atoms with Gasteiger partial charge in [0.05, 0.1) is 0 Å². The summed E-state index contributed by atoms with van der Waals surface area (Å²) in [5, 5.41) is 0.432. The largest absolute Gasteiger partial charge is 0.398 e. The highest BCUT2D eigenvalue weighted by molar-refractivity contribution is 5.90. The van der Waals surface area contributed by atoms with Gasteiger partial charge in [-0.15, -0.1) is 0 Å². The van der Waals surface area contributed by atoms with Gasteiger partial charge < -0.3 is 5.73 Å². The number of hydrogen-bond donors (Lipinski definition) is 1. The number of anilines is 1.